The molecule has 3 heterocycles. The minimum Gasteiger partial charge on any atom is -0.327 e. The molecule has 2 aromatic heterocycles. The Morgan fingerprint density at radius 3 is 2.96 bits per heavy atom. The molecule has 24 heavy (non-hydrogen) atoms. The van der Waals surface area contributed by atoms with E-state index >= 15 is 0 Å². The molecule has 3 aromatic rings. The third kappa shape index (κ3) is 2.51. The zero-order valence-electron chi connectivity index (χ0n) is 14.1. The second-order valence-corrected chi connectivity index (χ2v) is 6.46. The lowest BCUT2D eigenvalue weighted by atomic mass is 10.1. The fourth-order valence-corrected chi connectivity index (χ4v) is 3.82. The third-order valence-corrected chi connectivity index (χ3v) is 4.94. The Morgan fingerprint density at radius 2 is 2.21 bits per heavy atom. The molecule has 1 unspecified atom stereocenters. The summed E-state index contributed by atoms with van der Waals surface area (Å²) in [6.07, 6.45) is 6.34. The van der Waals surface area contributed by atoms with E-state index in [1.54, 1.807) is 6.07 Å². The first kappa shape index (κ1) is 15.3. The van der Waals surface area contributed by atoms with Crippen LogP contribution in [-0.2, 0) is 20.1 Å². The Morgan fingerprint density at radius 1 is 1.33 bits per heavy atom. The van der Waals surface area contributed by atoms with Crippen LogP contribution in [0.15, 0.2) is 30.6 Å². The Hall–Kier alpha value is -2.21. The van der Waals surface area contributed by atoms with Gasteiger partial charge in [-0.2, -0.15) is 5.10 Å². The second kappa shape index (κ2) is 6.02. The predicted molar refractivity (Wildman–Crippen MR) is 91.0 cm³/mol. The molecular weight excluding hydrogens is 305 g/mol. The smallest absolute Gasteiger partial charge is 0.151 e. The van der Waals surface area contributed by atoms with Crippen molar-refractivity contribution in [1.29, 1.82) is 0 Å². The van der Waals surface area contributed by atoms with E-state index in [1.807, 2.05) is 24.0 Å². The number of rotatable bonds is 4. The van der Waals surface area contributed by atoms with E-state index in [2.05, 4.69) is 32.7 Å². The highest BCUT2D eigenvalue weighted by atomic mass is 19.1. The summed E-state index contributed by atoms with van der Waals surface area (Å²) < 4.78 is 18.0. The monoisotopic (exact) mass is 327 g/mol. The van der Waals surface area contributed by atoms with Crippen molar-refractivity contribution in [2.45, 2.75) is 38.9 Å². The molecule has 0 saturated carbocycles. The van der Waals surface area contributed by atoms with Gasteiger partial charge in [0.15, 0.2) is 5.82 Å². The lowest BCUT2D eigenvalue weighted by Crippen LogP contribution is -2.24. The maximum Gasteiger partial charge on any atom is 0.151 e. The normalized spacial score (nSPS) is 18.7. The summed E-state index contributed by atoms with van der Waals surface area (Å²) in [5.41, 5.74) is 2.61. The van der Waals surface area contributed by atoms with Crippen molar-refractivity contribution in [2.24, 2.45) is 7.05 Å². The Kier molecular flexibility index (Phi) is 3.84. The van der Waals surface area contributed by atoms with E-state index in [4.69, 9.17) is 0 Å². The average molecular weight is 327 g/mol. The molecule has 1 saturated heterocycles. The average Bonchev–Trinajstić information content (AvgIpc) is 3.26. The second-order valence-electron chi connectivity index (χ2n) is 6.46. The fraction of sp³-hybridized carbons (Fsp3) is 0.444. The van der Waals surface area contributed by atoms with Crippen LogP contribution in [0.4, 0.5) is 4.39 Å². The molecule has 0 bridgehead atoms. The lowest BCUT2D eigenvalue weighted by molar-refractivity contribution is 0.239. The van der Waals surface area contributed by atoms with E-state index in [1.165, 1.54) is 18.1 Å². The van der Waals surface area contributed by atoms with Crippen LogP contribution in [0, 0.1) is 5.82 Å². The van der Waals surface area contributed by atoms with Gasteiger partial charge >= 0.3 is 0 Å². The summed E-state index contributed by atoms with van der Waals surface area (Å²) in [7, 11) is 1.95. The van der Waals surface area contributed by atoms with Crippen LogP contribution in [0.3, 0.4) is 0 Å². The van der Waals surface area contributed by atoms with Gasteiger partial charge in [-0.15, -0.1) is 0 Å². The summed E-state index contributed by atoms with van der Waals surface area (Å²) in [5.74, 6) is 0.694. The highest BCUT2D eigenvalue weighted by Crippen LogP contribution is 2.33. The van der Waals surface area contributed by atoms with Crippen LogP contribution in [0.5, 0.6) is 0 Å². The molecule has 1 aliphatic heterocycles. The quantitative estimate of drug-likeness (QED) is 0.738. The van der Waals surface area contributed by atoms with Crippen LogP contribution in [0.25, 0.3) is 11.0 Å². The summed E-state index contributed by atoms with van der Waals surface area (Å²) >= 11 is 0. The van der Waals surface area contributed by atoms with Gasteiger partial charge in [0.05, 0.1) is 18.3 Å². The summed E-state index contributed by atoms with van der Waals surface area (Å²) in [5, 5.41) is 4.30. The highest BCUT2D eigenvalue weighted by Gasteiger charge is 2.28. The van der Waals surface area contributed by atoms with Gasteiger partial charge in [0.2, 0.25) is 0 Å². The standard InChI is InChI=1S/C18H22FN5/c1-3-24-16-7-4-6-14(19)18(16)21-17(24)12-23-9-5-8-15(23)13-10-20-22(2)11-13/h4,6-7,10-11,15H,3,5,8-9,12H2,1-2H3. The van der Waals surface area contributed by atoms with Crippen molar-refractivity contribution >= 4 is 11.0 Å². The zero-order chi connectivity index (χ0) is 16.7. The first-order valence-electron chi connectivity index (χ1n) is 8.53. The van der Waals surface area contributed by atoms with Crippen molar-refractivity contribution in [3.63, 3.8) is 0 Å². The minimum absolute atomic E-state index is 0.244. The molecule has 4 rings (SSSR count). The molecule has 5 nitrogen and oxygen atoms in total. The molecule has 1 aromatic carbocycles. The number of nitrogens with zero attached hydrogens (tertiary/aromatic N) is 5. The van der Waals surface area contributed by atoms with Gasteiger partial charge in [-0.05, 0) is 38.4 Å². The van der Waals surface area contributed by atoms with E-state index < -0.39 is 0 Å². The van der Waals surface area contributed by atoms with Crippen LogP contribution >= 0.6 is 0 Å². The number of hydrogen-bond acceptors (Lipinski definition) is 3. The van der Waals surface area contributed by atoms with Crippen LogP contribution < -0.4 is 0 Å². The van der Waals surface area contributed by atoms with Crippen molar-refractivity contribution in [1.82, 2.24) is 24.2 Å². The Bertz CT molecular complexity index is 866. The van der Waals surface area contributed by atoms with E-state index in [9.17, 15) is 4.39 Å². The number of halogens is 1. The number of aromatic nitrogens is 4. The molecule has 0 radical (unpaired) electrons. The van der Waals surface area contributed by atoms with Crippen molar-refractivity contribution in [3.8, 4) is 0 Å². The first-order valence-corrected chi connectivity index (χ1v) is 8.53. The molecule has 126 valence electrons. The SMILES string of the molecule is CCn1c(CN2CCCC2c2cnn(C)c2)nc2c(F)cccc21. The van der Waals surface area contributed by atoms with Gasteiger partial charge in [0.25, 0.3) is 0 Å². The number of aryl methyl sites for hydroxylation is 2. The molecule has 0 aliphatic carbocycles. The van der Waals surface area contributed by atoms with Gasteiger partial charge < -0.3 is 4.57 Å². The molecule has 6 heteroatoms. The number of hydrogen-bond donors (Lipinski definition) is 0. The topological polar surface area (TPSA) is 38.9 Å². The van der Waals surface area contributed by atoms with Crippen molar-refractivity contribution in [3.05, 3.63) is 47.8 Å². The Labute approximate surface area is 140 Å². The lowest BCUT2D eigenvalue weighted by Gasteiger charge is -2.23. The van der Waals surface area contributed by atoms with Gasteiger partial charge in [-0.25, -0.2) is 9.37 Å². The van der Waals surface area contributed by atoms with E-state index in [-0.39, 0.29) is 5.82 Å². The molecule has 0 amide bonds. The first-order chi connectivity index (χ1) is 11.7. The Balaban J connectivity index is 1.67. The summed E-state index contributed by atoms with van der Waals surface area (Å²) in [4.78, 5) is 7.04. The van der Waals surface area contributed by atoms with Gasteiger partial charge in [0, 0.05) is 31.4 Å². The minimum atomic E-state index is -0.244. The summed E-state index contributed by atoms with van der Waals surface area (Å²) in [6, 6.07) is 5.55. The molecule has 1 atom stereocenters. The van der Waals surface area contributed by atoms with Crippen LogP contribution in [0.1, 0.15) is 37.2 Å². The molecular formula is C18H22FN5. The number of fused-ring (bicyclic) bond motifs is 1. The number of benzene rings is 1. The largest absolute Gasteiger partial charge is 0.327 e. The summed E-state index contributed by atoms with van der Waals surface area (Å²) in [6.45, 7) is 4.65. The maximum atomic E-state index is 14.1. The van der Waals surface area contributed by atoms with Crippen LogP contribution in [0.2, 0.25) is 0 Å². The zero-order valence-corrected chi connectivity index (χ0v) is 14.1. The number of imidazole rings is 1. The fourth-order valence-electron chi connectivity index (χ4n) is 3.82. The molecule has 1 aliphatic rings. The van der Waals surface area contributed by atoms with E-state index in [0.29, 0.717) is 11.6 Å². The highest BCUT2D eigenvalue weighted by molar-refractivity contribution is 5.76. The predicted octanol–water partition coefficient (Wildman–Crippen LogP) is 3.27. The van der Waals surface area contributed by atoms with Gasteiger partial charge in [-0.3, -0.25) is 9.58 Å². The van der Waals surface area contributed by atoms with Gasteiger partial charge in [-0.1, -0.05) is 6.07 Å². The van der Waals surface area contributed by atoms with Crippen LogP contribution in [-0.4, -0.2) is 30.8 Å². The number of para-hydroxylation sites is 1. The number of likely N-dealkylation sites (tertiary alicyclic amines) is 1. The maximum absolute atomic E-state index is 14.1. The molecule has 0 spiro atoms. The third-order valence-electron chi connectivity index (χ3n) is 4.94. The van der Waals surface area contributed by atoms with Crippen molar-refractivity contribution < 1.29 is 4.39 Å². The molecule has 1 fully saturated rings. The molecule has 0 N–H and O–H groups in total. The van der Waals surface area contributed by atoms with E-state index in [0.717, 1.165) is 37.4 Å². The van der Waals surface area contributed by atoms with Gasteiger partial charge in [0.1, 0.15) is 11.3 Å². The van der Waals surface area contributed by atoms with Crippen molar-refractivity contribution in [2.75, 3.05) is 6.54 Å².